The molecule has 2 aromatic heterocycles. The van der Waals surface area contributed by atoms with E-state index in [2.05, 4.69) is 83.2 Å². The molecule has 8 rings (SSSR count). The summed E-state index contributed by atoms with van der Waals surface area (Å²) in [6.07, 6.45) is 9.20. The van der Waals surface area contributed by atoms with Crippen molar-refractivity contribution < 1.29 is 33.4 Å². The topological polar surface area (TPSA) is 159 Å². The second kappa shape index (κ2) is 29.0. The van der Waals surface area contributed by atoms with E-state index in [4.69, 9.17) is 9.47 Å². The van der Waals surface area contributed by atoms with Gasteiger partial charge in [-0.15, -0.1) is 0 Å². The highest BCUT2D eigenvalue weighted by Gasteiger charge is 2.42. The Balaban J connectivity index is 0.00000304. The molecule has 4 aromatic rings. The summed E-state index contributed by atoms with van der Waals surface area (Å²) in [7, 11) is 7.16. The zero-order valence-corrected chi connectivity index (χ0v) is 50.4. The van der Waals surface area contributed by atoms with Crippen LogP contribution in [0.15, 0.2) is 60.9 Å². The van der Waals surface area contributed by atoms with Gasteiger partial charge in [0.25, 0.3) is 11.8 Å². The standard InChI is InChI=1S/C56H72N8O7.5H2S/c1-9-63-48-22-21-40-31-43(48)44(51(63)45-33-57-25-23-42(45)36(2)70-8)32-56(3,4)35-71-55(69)46-19-13-27-64(59-46)54(68)47(30-37-15-12-18-39(40)29-37)58-52(66)50(38-16-10-11-17-38)61(7)53(67)41-24-28-62(34-41)49(65)20-14-26-60(5)6;;;;;/h12,15,18,21-23,25,29,31,33,36,38,41,46-47,50,59H,9-11,13,16-17,19,24,26-28,30,32,34-35H2,1-8H3,(H,58,66);5*1H2/t36-,41-,46-,47-,50-;;;;;/m0...../s1. The Morgan fingerprint density at radius 2 is 1.67 bits per heavy atom. The first-order valence-corrected chi connectivity index (χ1v) is 25.5. The molecule has 2 saturated heterocycles. The number of benzene rings is 2. The van der Waals surface area contributed by atoms with E-state index < -0.39 is 41.3 Å². The van der Waals surface area contributed by atoms with Gasteiger partial charge in [-0.1, -0.05) is 62.9 Å². The van der Waals surface area contributed by atoms with Crippen molar-refractivity contribution in [2.24, 2.45) is 17.3 Å². The van der Waals surface area contributed by atoms with Crippen LogP contribution < -0.4 is 10.7 Å². The van der Waals surface area contributed by atoms with Crippen LogP contribution in [-0.4, -0.2) is 138 Å². The highest BCUT2D eigenvalue weighted by molar-refractivity contribution is 7.60. The van der Waals surface area contributed by atoms with Gasteiger partial charge in [-0.05, 0) is 124 Å². The summed E-state index contributed by atoms with van der Waals surface area (Å²) in [5.41, 5.74) is 10.7. The van der Waals surface area contributed by atoms with Crippen LogP contribution in [0.4, 0.5) is 0 Å². The predicted molar refractivity (Wildman–Crippen MR) is 325 cm³/mol. The van der Waals surface area contributed by atoms with Crippen molar-refractivity contribution in [3.05, 3.63) is 77.6 Å². The number of esters is 1. The molecule has 6 bridgehead atoms. The van der Waals surface area contributed by atoms with Crippen molar-refractivity contribution >= 4 is 108 Å². The Labute approximate surface area is 484 Å². The first-order chi connectivity index (χ1) is 34.1. The largest absolute Gasteiger partial charge is 0.464 e. The van der Waals surface area contributed by atoms with Gasteiger partial charge in [0, 0.05) is 81.0 Å². The number of methoxy groups -OCH3 is 1. The van der Waals surface area contributed by atoms with Crippen LogP contribution in [-0.2, 0) is 52.8 Å². The molecular formula is C56H82N8O7S5. The average Bonchev–Trinajstić information content (AvgIpc) is 4.15. The maximum absolute atomic E-state index is 15.0. The first-order valence-electron chi connectivity index (χ1n) is 25.5. The van der Waals surface area contributed by atoms with Crippen LogP contribution in [0.3, 0.4) is 0 Å². The molecule has 1 aliphatic carbocycles. The van der Waals surface area contributed by atoms with Gasteiger partial charge in [-0.2, -0.15) is 67.5 Å². The van der Waals surface area contributed by atoms with Crippen molar-refractivity contribution in [1.82, 2.24) is 40.0 Å². The number of ether oxygens (including phenoxy) is 2. The number of nitrogens with zero attached hydrogens (tertiary/aromatic N) is 6. The first kappa shape index (κ1) is 66.0. The minimum Gasteiger partial charge on any atom is -0.464 e. The zero-order chi connectivity index (χ0) is 50.6. The molecule has 5 atom stereocenters. The number of hydrogen-bond donors (Lipinski definition) is 2. The molecule has 3 fully saturated rings. The molecule has 4 aliphatic rings. The number of cyclic esters (lactones) is 1. The summed E-state index contributed by atoms with van der Waals surface area (Å²) >= 11 is 0. The summed E-state index contributed by atoms with van der Waals surface area (Å²) in [6, 6.07) is 14.0. The van der Waals surface area contributed by atoms with E-state index in [-0.39, 0.29) is 117 Å². The van der Waals surface area contributed by atoms with E-state index in [0.717, 1.165) is 75.7 Å². The second-order valence-corrected chi connectivity index (χ2v) is 21.1. The summed E-state index contributed by atoms with van der Waals surface area (Å²) in [5.74, 6) is 3.28. The van der Waals surface area contributed by atoms with Crippen molar-refractivity contribution in [3.63, 3.8) is 0 Å². The van der Waals surface area contributed by atoms with E-state index in [1.54, 1.807) is 30.2 Å². The van der Waals surface area contributed by atoms with Crippen LogP contribution in [0.2, 0.25) is 0 Å². The zero-order valence-electron chi connectivity index (χ0n) is 45.4. The van der Waals surface area contributed by atoms with Crippen LogP contribution >= 0.6 is 67.5 Å². The summed E-state index contributed by atoms with van der Waals surface area (Å²) < 4.78 is 14.4. The number of likely N-dealkylation sites (tertiary alicyclic amines) is 1. The molecule has 0 radical (unpaired) electrons. The number of fused-ring (bicyclic) bond motifs is 6. The number of carbonyl (C=O) groups excluding carboxylic acids is 5. The maximum atomic E-state index is 15.0. The number of rotatable bonds is 10. The number of hydrazine groups is 1. The van der Waals surface area contributed by atoms with Gasteiger partial charge in [0.1, 0.15) is 18.1 Å². The van der Waals surface area contributed by atoms with Crippen LogP contribution in [0.25, 0.3) is 33.3 Å². The number of aromatic nitrogens is 2. The SMILES string of the molecule is CCn1c(-c2cnccc2[C@H](C)OC)c2c3cc(ccc31)-c1cccc(c1)C[C@H](NC(=O)[C@H](C1CCCC1)N(C)C(=O)[C@H]1CCN(C(=O)C#CCN(C)C)C1)C(=O)N1CCC[C@H](N1)C(=O)OCC(C)(C)C2.S.S.S.S.S. The monoisotopic (exact) mass is 1140 g/mol. The summed E-state index contributed by atoms with van der Waals surface area (Å²) in [4.78, 5) is 80.9. The van der Waals surface area contributed by atoms with E-state index in [0.29, 0.717) is 51.9 Å². The van der Waals surface area contributed by atoms with Crippen molar-refractivity contribution in [1.29, 1.82) is 0 Å². The van der Waals surface area contributed by atoms with E-state index in [1.807, 2.05) is 50.3 Å². The molecule has 0 unspecified atom stereocenters. The molecule has 15 nitrogen and oxygen atoms in total. The Morgan fingerprint density at radius 1 is 0.947 bits per heavy atom. The second-order valence-electron chi connectivity index (χ2n) is 21.1. The van der Waals surface area contributed by atoms with E-state index in [9.17, 15) is 24.0 Å². The predicted octanol–water partition coefficient (Wildman–Crippen LogP) is 6.74. The molecule has 76 heavy (non-hydrogen) atoms. The van der Waals surface area contributed by atoms with Gasteiger partial charge in [-0.25, -0.2) is 5.43 Å². The molecule has 0 spiro atoms. The third-order valence-electron chi connectivity index (χ3n) is 15.0. The molecule has 4 amide bonds. The molecule has 1 saturated carbocycles. The normalized spacial score (nSPS) is 20.1. The van der Waals surface area contributed by atoms with E-state index in [1.165, 1.54) is 5.01 Å². The summed E-state index contributed by atoms with van der Waals surface area (Å²) in [6.45, 7) is 10.7. The van der Waals surface area contributed by atoms with Crippen LogP contribution in [0.5, 0.6) is 0 Å². The number of carbonyl (C=O) groups is 5. The molecule has 5 heterocycles. The van der Waals surface area contributed by atoms with Gasteiger partial charge in [-0.3, -0.25) is 38.9 Å². The lowest BCUT2D eigenvalue weighted by molar-refractivity contribution is -0.155. The average molecular weight is 1140 g/mol. The molecule has 2 aromatic carbocycles. The number of likely N-dealkylation sites (N-methyl/N-ethyl adjacent to an activating group) is 1. The number of amides is 4. The Morgan fingerprint density at radius 3 is 2.37 bits per heavy atom. The van der Waals surface area contributed by atoms with Gasteiger partial charge < -0.3 is 29.2 Å². The fourth-order valence-corrected chi connectivity index (χ4v) is 11.2. The molecule has 418 valence electrons. The minimum absolute atomic E-state index is 0. The fourth-order valence-electron chi connectivity index (χ4n) is 11.2. The maximum Gasteiger partial charge on any atom is 0.324 e. The Bertz CT molecular complexity index is 2720. The number of nitrogens with one attached hydrogen (secondary N) is 2. The van der Waals surface area contributed by atoms with Gasteiger partial charge >= 0.3 is 5.97 Å². The molecule has 20 heteroatoms. The van der Waals surface area contributed by atoms with Crippen molar-refractivity contribution in [3.8, 4) is 34.2 Å². The lowest BCUT2D eigenvalue weighted by Crippen LogP contribution is -2.62. The Hall–Kier alpha value is -4.33. The lowest BCUT2D eigenvalue weighted by Gasteiger charge is -2.37. The number of hydrogen-bond acceptors (Lipinski definition) is 10. The third-order valence-corrected chi connectivity index (χ3v) is 15.0. The highest BCUT2D eigenvalue weighted by atomic mass is 32.1. The van der Waals surface area contributed by atoms with E-state index >= 15 is 0 Å². The molecular weight excluding hydrogens is 1060 g/mol. The van der Waals surface area contributed by atoms with Gasteiger partial charge in [0.15, 0.2) is 0 Å². The summed E-state index contributed by atoms with van der Waals surface area (Å²) in [5, 5.41) is 5.72. The van der Waals surface area contributed by atoms with Gasteiger partial charge in [0.2, 0.25) is 11.8 Å². The van der Waals surface area contributed by atoms with Crippen LogP contribution in [0, 0.1) is 29.1 Å². The highest BCUT2D eigenvalue weighted by Crippen LogP contribution is 2.42. The van der Waals surface area contributed by atoms with Crippen molar-refractivity contribution in [2.75, 3.05) is 61.0 Å². The minimum atomic E-state index is -1.04. The molecule has 3 aliphatic heterocycles. The van der Waals surface area contributed by atoms with Crippen LogP contribution in [0.1, 0.15) is 95.4 Å². The van der Waals surface area contributed by atoms with Crippen molar-refractivity contribution in [2.45, 2.75) is 116 Å². The Kier molecular flexibility index (Phi) is 25.2. The number of pyridine rings is 1. The molecule has 2 N–H and O–H groups in total. The quantitative estimate of drug-likeness (QED) is 0.129. The number of aryl methyl sites for hydroxylation is 1. The smallest absolute Gasteiger partial charge is 0.324 e. The lowest BCUT2D eigenvalue weighted by atomic mass is 9.84. The fraction of sp³-hybridized carbons (Fsp3) is 0.536. The van der Waals surface area contributed by atoms with Gasteiger partial charge in [0.05, 0.1) is 30.9 Å². The third kappa shape index (κ3) is 14.9.